The molecular formula is C12H27N3O. The van der Waals surface area contributed by atoms with Gasteiger partial charge in [-0.15, -0.1) is 0 Å². The Morgan fingerprint density at radius 1 is 1.00 bits per heavy atom. The molecule has 1 saturated heterocycles. The molecule has 0 spiro atoms. The smallest absolute Gasteiger partial charge is 0.0474 e. The first-order valence-electron chi connectivity index (χ1n) is 6.50. The van der Waals surface area contributed by atoms with Gasteiger partial charge in [-0.3, -0.25) is 0 Å². The average molecular weight is 229 g/mol. The number of rotatable bonds is 7. The van der Waals surface area contributed by atoms with Gasteiger partial charge in [-0.1, -0.05) is 0 Å². The largest absolute Gasteiger partial charge is 0.385 e. The van der Waals surface area contributed by atoms with E-state index >= 15 is 0 Å². The van der Waals surface area contributed by atoms with Crippen molar-refractivity contribution < 1.29 is 4.74 Å². The fraction of sp³-hybridized carbons (Fsp3) is 1.00. The molecule has 0 aromatic rings. The zero-order chi connectivity index (χ0) is 11.6. The van der Waals surface area contributed by atoms with Crippen LogP contribution < -0.4 is 5.73 Å². The number of hydrogen-bond donors (Lipinski definition) is 1. The summed E-state index contributed by atoms with van der Waals surface area (Å²) in [6.07, 6.45) is 3.57. The van der Waals surface area contributed by atoms with Crippen LogP contribution in [0.2, 0.25) is 0 Å². The predicted molar refractivity (Wildman–Crippen MR) is 67.7 cm³/mol. The lowest BCUT2D eigenvalue weighted by Gasteiger charge is -2.21. The van der Waals surface area contributed by atoms with Gasteiger partial charge < -0.3 is 20.3 Å². The summed E-state index contributed by atoms with van der Waals surface area (Å²) in [5.74, 6) is 0. The molecule has 0 aliphatic carbocycles. The van der Waals surface area contributed by atoms with Crippen molar-refractivity contribution in [2.45, 2.75) is 19.3 Å². The first-order chi connectivity index (χ1) is 7.86. The van der Waals surface area contributed by atoms with Gasteiger partial charge in [0, 0.05) is 33.4 Å². The third-order valence-corrected chi connectivity index (χ3v) is 3.18. The molecule has 0 saturated carbocycles. The van der Waals surface area contributed by atoms with Crippen molar-refractivity contribution in [3.63, 3.8) is 0 Å². The number of nitrogens with zero attached hydrogens (tertiary/aromatic N) is 2. The summed E-state index contributed by atoms with van der Waals surface area (Å²) >= 11 is 0. The van der Waals surface area contributed by atoms with E-state index in [0.717, 1.165) is 26.0 Å². The maximum atomic E-state index is 5.54. The Kier molecular flexibility index (Phi) is 7.76. The SMILES string of the molecule is COCCCN1CCCN(CCCN)CC1. The molecule has 1 heterocycles. The molecule has 1 rings (SSSR count). The predicted octanol–water partition coefficient (Wildman–Crippen LogP) is 0.379. The van der Waals surface area contributed by atoms with Gasteiger partial charge in [0.2, 0.25) is 0 Å². The monoisotopic (exact) mass is 229 g/mol. The molecule has 4 heteroatoms. The highest BCUT2D eigenvalue weighted by atomic mass is 16.5. The minimum atomic E-state index is 0.814. The summed E-state index contributed by atoms with van der Waals surface area (Å²) in [6.45, 7) is 8.92. The van der Waals surface area contributed by atoms with Crippen molar-refractivity contribution in [2.24, 2.45) is 5.73 Å². The Morgan fingerprint density at radius 2 is 1.62 bits per heavy atom. The van der Waals surface area contributed by atoms with Crippen LogP contribution in [-0.4, -0.2) is 69.3 Å². The summed E-state index contributed by atoms with van der Waals surface area (Å²) in [4.78, 5) is 5.10. The van der Waals surface area contributed by atoms with Crippen molar-refractivity contribution in [1.82, 2.24) is 9.80 Å². The Hall–Kier alpha value is -0.160. The lowest BCUT2D eigenvalue weighted by Crippen LogP contribution is -2.32. The lowest BCUT2D eigenvalue weighted by atomic mass is 10.3. The van der Waals surface area contributed by atoms with E-state index in [2.05, 4.69) is 9.80 Å². The molecule has 0 aromatic heterocycles. The Bertz CT molecular complexity index is 166. The second kappa shape index (κ2) is 8.93. The number of methoxy groups -OCH3 is 1. The van der Waals surface area contributed by atoms with Crippen LogP contribution in [0, 0.1) is 0 Å². The van der Waals surface area contributed by atoms with Gasteiger partial charge in [0.15, 0.2) is 0 Å². The highest BCUT2D eigenvalue weighted by Gasteiger charge is 2.13. The molecular weight excluding hydrogens is 202 g/mol. The van der Waals surface area contributed by atoms with Crippen LogP contribution in [0.5, 0.6) is 0 Å². The van der Waals surface area contributed by atoms with Crippen LogP contribution in [0.1, 0.15) is 19.3 Å². The molecule has 4 nitrogen and oxygen atoms in total. The zero-order valence-corrected chi connectivity index (χ0v) is 10.7. The quantitative estimate of drug-likeness (QED) is 0.641. The fourth-order valence-electron chi connectivity index (χ4n) is 2.22. The lowest BCUT2D eigenvalue weighted by molar-refractivity contribution is 0.172. The number of ether oxygens (including phenoxy) is 1. The summed E-state index contributed by atoms with van der Waals surface area (Å²) in [5.41, 5.74) is 5.54. The number of nitrogens with two attached hydrogens (primary N) is 1. The molecule has 0 bridgehead atoms. The Morgan fingerprint density at radius 3 is 2.19 bits per heavy atom. The van der Waals surface area contributed by atoms with Crippen molar-refractivity contribution in [1.29, 1.82) is 0 Å². The second-order valence-corrected chi connectivity index (χ2v) is 4.53. The van der Waals surface area contributed by atoms with Crippen LogP contribution in [0.15, 0.2) is 0 Å². The third kappa shape index (κ3) is 5.80. The van der Waals surface area contributed by atoms with Gasteiger partial charge in [0.05, 0.1) is 0 Å². The van der Waals surface area contributed by atoms with Gasteiger partial charge in [0.1, 0.15) is 0 Å². The van der Waals surface area contributed by atoms with Gasteiger partial charge in [-0.05, 0) is 45.4 Å². The van der Waals surface area contributed by atoms with Gasteiger partial charge in [-0.25, -0.2) is 0 Å². The molecule has 0 amide bonds. The van der Waals surface area contributed by atoms with Crippen molar-refractivity contribution in [3.05, 3.63) is 0 Å². The summed E-state index contributed by atoms with van der Waals surface area (Å²) in [6, 6.07) is 0. The van der Waals surface area contributed by atoms with Crippen molar-refractivity contribution in [3.8, 4) is 0 Å². The maximum absolute atomic E-state index is 5.54. The van der Waals surface area contributed by atoms with Crippen molar-refractivity contribution >= 4 is 0 Å². The molecule has 0 aromatic carbocycles. The number of hydrogen-bond acceptors (Lipinski definition) is 4. The molecule has 2 N–H and O–H groups in total. The molecule has 0 radical (unpaired) electrons. The van der Waals surface area contributed by atoms with E-state index < -0.39 is 0 Å². The summed E-state index contributed by atoms with van der Waals surface area (Å²) in [7, 11) is 1.77. The average Bonchev–Trinajstić information content (AvgIpc) is 2.52. The molecule has 1 fully saturated rings. The van der Waals surface area contributed by atoms with E-state index in [0.29, 0.717) is 0 Å². The van der Waals surface area contributed by atoms with E-state index in [1.807, 2.05) is 0 Å². The molecule has 96 valence electrons. The zero-order valence-electron chi connectivity index (χ0n) is 10.7. The Labute approximate surface area is 99.7 Å². The van der Waals surface area contributed by atoms with E-state index in [1.165, 1.54) is 45.7 Å². The van der Waals surface area contributed by atoms with Crippen LogP contribution in [0.25, 0.3) is 0 Å². The van der Waals surface area contributed by atoms with E-state index in [4.69, 9.17) is 10.5 Å². The third-order valence-electron chi connectivity index (χ3n) is 3.18. The Balaban J connectivity index is 2.13. The van der Waals surface area contributed by atoms with E-state index in [9.17, 15) is 0 Å². The topological polar surface area (TPSA) is 41.7 Å². The molecule has 0 unspecified atom stereocenters. The van der Waals surface area contributed by atoms with Crippen LogP contribution >= 0.6 is 0 Å². The van der Waals surface area contributed by atoms with Crippen LogP contribution in [0.3, 0.4) is 0 Å². The van der Waals surface area contributed by atoms with E-state index in [-0.39, 0.29) is 0 Å². The molecule has 0 atom stereocenters. The highest BCUT2D eigenvalue weighted by molar-refractivity contribution is 4.69. The van der Waals surface area contributed by atoms with Crippen molar-refractivity contribution in [2.75, 3.05) is 59.5 Å². The first-order valence-corrected chi connectivity index (χ1v) is 6.50. The van der Waals surface area contributed by atoms with Gasteiger partial charge >= 0.3 is 0 Å². The van der Waals surface area contributed by atoms with Gasteiger partial charge in [-0.2, -0.15) is 0 Å². The minimum absolute atomic E-state index is 0.814. The van der Waals surface area contributed by atoms with Crippen LogP contribution in [0.4, 0.5) is 0 Å². The van der Waals surface area contributed by atoms with Gasteiger partial charge in [0.25, 0.3) is 0 Å². The molecule has 1 aliphatic rings. The highest BCUT2D eigenvalue weighted by Crippen LogP contribution is 2.04. The van der Waals surface area contributed by atoms with E-state index in [1.54, 1.807) is 7.11 Å². The summed E-state index contributed by atoms with van der Waals surface area (Å²) in [5, 5.41) is 0. The minimum Gasteiger partial charge on any atom is -0.385 e. The maximum Gasteiger partial charge on any atom is 0.0474 e. The molecule has 16 heavy (non-hydrogen) atoms. The first kappa shape index (κ1) is 13.9. The second-order valence-electron chi connectivity index (χ2n) is 4.53. The summed E-state index contributed by atoms with van der Waals surface area (Å²) < 4.78 is 5.09. The fourth-order valence-corrected chi connectivity index (χ4v) is 2.22. The normalized spacial score (nSPS) is 19.9. The van der Waals surface area contributed by atoms with Crippen LogP contribution in [-0.2, 0) is 4.74 Å². The molecule has 1 aliphatic heterocycles. The standard InChI is InChI=1S/C12H27N3O/c1-16-12-4-9-15-8-3-7-14(10-11-15)6-2-5-13/h2-13H2,1H3.